The van der Waals surface area contributed by atoms with Gasteiger partial charge in [-0.15, -0.1) is 0 Å². The molecular formula is C11H17NO2. The Balaban J connectivity index is 3.25. The SMILES string of the molecule is COc1c(C)cc(NCO)c(C)c1C. The third-order valence-electron chi connectivity index (χ3n) is 2.50. The van der Waals surface area contributed by atoms with Crippen molar-refractivity contribution < 1.29 is 9.84 Å². The summed E-state index contributed by atoms with van der Waals surface area (Å²) in [7, 11) is 1.67. The van der Waals surface area contributed by atoms with E-state index in [-0.39, 0.29) is 6.73 Å². The summed E-state index contributed by atoms with van der Waals surface area (Å²) in [4.78, 5) is 0. The maximum absolute atomic E-state index is 8.81. The topological polar surface area (TPSA) is 41.5 Å². The summed E-state index contributed by atoms with van der Waals surface area (Å²) >= 11 is 0. The van der Waals surface area contributed by atoms with E-state index >= 15 is 0 Å². The molecule has 0 saturated carbocycles. The van der Waals surface area contributed by atoms with Crippen LogP contribution >= 0.6 is 0 Å². The summed E-state index contributed by atoms with van der Waals surface area (Å²) in [6, 6.07) is 1.98. The summed E-state index contributed by atoms with van der Waals surface area (Å²) in [5.41, 5.74) is 4.26. The largest absolute Gasteiger partial charge is 0.496 e. The van der Waals surface area contributed by atoms with Gasteiger partial charge in [0.2, 0.25) is 0 Å². The van der Waals surface area contributed by atoms with E-state index in [0.29, 0.717) is 0 Å². The molecule has 1 rings (SSSR count). The number of rotatable bonds is 3. The van der Waals surface area contributed by atoms with E-state index in [9.17, 15) is 0 Å². The molecule has 0 aliphatic carbocycles. The van der Waals surface area contributed by atoms with Crippen LogP contribution in [0.3, 0.4) is 0 Å². The second-order valence-electron chi connectivity index (χ2n) is 3.36. The zero-order chi connectivity index (χ0) is 10.7. The van der Waals surface area contributed by atoms with Gasteiger partial charge in [0, 0.05) is 5.69 Å². The zero-order valence-electron chi connectivity index (χ0n) is 9.14. The van der Waals surface area contributed by atoms with Crippen molar-refractivity contribution in [2.24, 2.45) is 0 Å². The molecule has 0 unspecified atom stereocenters. The highest BCUT2D eigenvalue weighted by Gasteiger charge is 2.09. The van der Waals surface area contributed by atoms with E-state index in [1.54, 1.807) is 7.11 Å². The van der Waals surface area contributed by atoms with Gasteiger partial charge < -0.3 is 15.2 Å². The average molecular weight is 195 g/mol. The monoisotopic (exact) mass is 195 g/mol. The first-order valence-electron chi connectivity index (χ1n) is 4.61. The summed E-state index contributed by atoms with van der Waals surface area (Å²) in [5, 5.41) is 11.7. The van der Waals surface area contributed by atoms with Crippen molar-refractivity contribution in [2.45, 2.75) is 20.8 Å². The van der Waals surface area contributed by atoms with Gasteiger partial charge in [-0.25, -0.2) is 0 Å². The van der Waals surface area contributed by atoms with Gasteiger partial charge in [0.05, 0.1) is 7.11 Å². The first-order valence-corrected chi connectivity index (χ1v) is 4.61. The van der Waals surface area contributed by atoms with E-state index in [4.69, 9.17) is 9.84 Å². The predicted molar refractivity (Wildman–Crippen MR) is 57.9 cm³/mol. The van der Waals surface area contributed by atoms with Crippen molar-refractivity contribution >= 4 is 5.69 Å². The van der Waals surface area contributed by atoms with Crippen molar-refractivity contribution in [3.8, 4) is 5.75 Å². The van der Waals surface area contributed by atoms with E-state index in [1.807, 2.05) is 26.8 Å². The number of anilines is 1. The number of aryl methyl sites for hydroxylation is 1. The molecule has 14 heavy (non-hydrogen) atoms. The lowest BCUT2D eigenvalue weighted by Crippen LogP contribution is -2.04. The first-order chi connectivity index (χ1) is 6.61. The number of nitrogens with one attached hydrogen (secondary N) is 1. The van der Waals surface area contributed by atoms with Crippen LogP contribution in [0.25, 0.3) is 0 Å². The quantitative estimate of drug-likeness (QED) is 0.725. The van der Waals surface area contributed by atoms with Crippen LogP contribution in [0, 0.1) is 20.8 Å². The number of hydrogen-bond acceptors (Lipinski definition) is 3. The highest BCUT2D eigenvalue weighted by molar-refractivity contribution is 5.61. The van der Waals surface area contributed by atoms with E-state index < -0.39 is 0 Å². The molecule has 0 aliphatic rings. The molecule has 0 heterocycles. The number of aliphatic hydroxyl groups excluding tert-OH is 1. The van der Waals surface area contributed by atoms with Gasteiger partial charge in [-0.2, -0.15) is 0 Å². The molecule has 0 radical (unpaired) electrons. The Labute approximate surface area is 84.7 Å². The van der Waals surface area contributed by atoms with Gasteiger partial charge in [0.25, 0.3) is 0 Å². The van der Waals surface area contributed by atoms with Crippen molar-refractivity contribution in [3.05, 3.63) is 22.8 Å². The van der Waals surface area contributed by atoms with Crippen molar-refractivity contribution in [2.75, 3.05) is 19.2 Å². The fourth-order valence-electron chi connectivity index (χ4n) is 1.64. The Bertz CT molecular complexity index is 335. The third-order valence-corrected chi connectivity index (χ3v) is 2.50. The number of aliphatic hydroxyl groups is 1. The molecule has 0 aromatic heterocycles. The Hall–Kier alpha value is -1.22. The maximum Gasteiger partial charge on any atom is 0.125 e. The average Bonchev–Trinajstić information content (AvgIpc) is 2.15. The lowest BCUT2D eigenvalue weighted by atomic mass is 10.0. The summed E-state index contributed by atoms with van der Waals surface area (Å²) in [5.74, 6) is 0.922. The van der Waals surface area contributed by atoms with E-state index in [0.717, 1.165) is 28.1 Å². The van der Waals surface area contributed by atoms with Crippen LogP contribution in [0.4, 0.5) is 5.69 Å². The second-order valence-corrected chi connectivity index (χ2v) is 3.36. The Morgan fingerprint density at radius 2 is 1.93 bits per heavy atom. The standard InChI is InChI=1S/C11H17NO2/c1-7-5-10(12-6-13)8(2)9(3)11(7)14-4/h5,12-13H,6H2,1-4H3. The second kappa shape index (κ2) is 4.33. The van der Waals surface area contributed by atoms with Crippen molar-refractivity contribution in [1.29, 1.82) is 0 Å². The smallest absolute Gasteiger partial charge is 0.125 e. The van der Waals surface area contributed by atoms with Crippen LogP contribution in [0.2, 0.25) is 0 Å². The van der Waals surface area contributed by atoms with E-state index in [2.05, 4.69) is 5.32 Å². The molecule has 0 fully saturated rings. The lowest BCUT2D eigenvalue weighted by Gasteiger charge is -2.15. The van der Waals surface area contributed by atoms with Gasteiger partial charge >= 0.3 is 0 Å². The number of benzene rings is 1. The minimum atomic E-state index is -0.0496. The molecule has 0 bridgehead atoms. The molecule has 0 saturated heterocycles. The minimum absolute atomic E-state index is 0.0496. The lowest BCUT2D eigenvalue weighted by molar-refractivity contribution is 0.325. The van der Waals surface area contributed by atoms with Gasteiger partial charge in [0.1, 0.15) is 12.5 Å². The highest BCUT2D eigenvalue weighted by Crippen LogP contribution is 2.31. The maximum atomic E-state index is 8.81. The van der Waals surface area contributed by atoms with Gasteiger partial charge in [0.15, 0.2) is 0 Å². The van der Waals surface area contributed by atoms with Gasteiger partial charge in [-0.3, -0.25) is 0 Å². The van der Waals surface area contributed by atoms with Crippen LogP contribution in [-0.2, 0) is 0 Å². The van der Waals surface area contributed by atoms with E-state index in [1.165, 1.54) is 0 Å². The molecular weight excluding hydrogens is 178 g/mol. The fourth-order valence-corrected chi connectivity index (χ4v) is 1.64. The van der Waals surface area contributed by atoms with Crippen molar-refractivity contribution in [1.82, 2.24) is 0 Å². The fraction of sp³-hybridized carbons (Fsp3) is 0.455. The zero-order valence-corrected chi connectivity index (χ0v) is 9.14. The summed E-state index contributed by atoms with van der Waals surface area (Å²) in [6.07, 6.45) is 0. The first kappa shape index (κ1) is 10.9. The summed E-state index contributed by atoms with van der Waals surface area (Å²) in [6.45, 7) is 5.97. The van der Waals surface area contributed by atoms with Crippen LogP contribution in [0.15, 0.2) is 6.07 Å². The van der Waals surface area contributed by atoms with Gasteiger partial charge in [-0.1, -0.05) is 0 Å². The van der Waals surface area contributed by atoms with Crippen LogP contribution in [-0.4, -0.2) is 18.9 Å². The molecule has 3 nitrogen and oxygen atoms in total. The third kappa shape index (κ3) is 1.82. The highest BCUT2D eigenvalue weighted by atomic mass is 16.5. The summed E-state index contributed by atoms with van der Waals surface area (Å²) < 4.78 is 5.30. The van der Waals surface area contributed by atoms with Crippen LogP contribution < -0.4 is 10.1 Å². The van der Waals surface area contributed by atoms with Gasteiger partial charge in [-0.05, 0) is 43.5 Å². The molecule has 1 aromatic rings. The Kier molecular flexibility index (Phi) is 3.36. The normalized spacial score (nSPS) is 10.1. The van der Waals surface area contributed by atoms with Crippen LogP contribution in [0.1, 0.15) is 16.7 Å². The molecule has 0 aliphatic heterocycles. The number of ether oxygens (including phenoxy) is 1. The molecule has 0 amide bonds. The molecule has 0 spiro atoms. The van der Waals surface area contributed by atoms with Crippen molar-refractivity contribution in [3.63, 3.8) is 0 Å². The predicted octanol–water partition coefficient (Wildman–Crippen LogP) is 1.98. The molecule has 2 N–H and O–H groups in total. The molecule has 78 valence electrons. The molecule has 1 aromatic carbocycles. The molecule has 0 atom stereocenters. The Morgan fingerprint density at radius 1 is 1.29 bits per heavy atom. The number of hydrogen-bond donors (Lipinski definition) is 2. The Morgan fingerprint density at radius 3 is 2.43 bits per heavy atom. The molecule has 3 heteroatoms. The number of methoxy groups -OCH3 is 1. The van der Waals surface area contributed by atoms with Crippen LogP contribution in [0.5, 0.6) is 5.75 Å². The minimum Gasteiger partial charge on any atom is -0.496 e.